The van der Waals surface area contributed by atoms with Crippen LogP contribution in [-0.4, -0.2) is 23.0 Å². The number of rotatable bonds is 2. The van der Waals surface area contributed by atoms with Gasteiger partial charge >= 0.3 is 0 Å². The Morgan fingerprint density at radius 1 is 1.50 bits per heavy atom. The van der Waals surface area contributed by atoms with Gasteiger partial charge in [0.15, 0.2) is 0 Å². The molecule has 74 valence electrons. The summed E-state index contributed by atoms with van der Waals surface area (Å²) in [5.74, 6) is 0.678. The Morgan fingerprint density at radius 3 is 2.93 bits per heavy atom. The second-order valence-electron chi connectivity index (χ2n) is 3.02. The summed E-state index contributed by atoms with van der Waals surface area (Å²) in [5, 5.41) is 0.695. The quantitative estimate of drug-likeness (QED) is 0.606. The van der Waals surface area contributed by atoms with E-state index in [9.17, 15) is 0 Å². The van der Waals surface area contributed by atoms with E-state index in [1.807, 2.05) is 24.3 Å². The molecule has 1 unspecified atom stereocenters. The fourth-order valence-corrected chi connectivity index (χ4v) is 1.96. The molecule has 0 saturated heterocycles. The van der Waals surface area contributed by atoms with Crippen molar-refractivity contribution in [3.05, 3.63) is 34.9 Å². The maximum atomic E-state index is 6.03. The molecule has 1 aliphatic rings. The highest BCUT2D eigenvalue weighted by molar-refractivity contribution is 14.1. The fraction of sp³-hybridized carbons (Fsp3) is 0.300. The van der Waals surface area contributed by atoms with Gasteiger partial charge in [-0.25, -0.2) is 4.99 Å². The predicted octanol–water partition coefficient (Wildman–Crippen LogP) is 2.92. The molecule has 0 aromatic heterocycles. The van der Waals surface area contributed by atoms with Crippen molar-refractivity contribution < 1.29 is 4.74 Å². The molecule has 0 bridgehead atoms. The number of hydrogen-bond donors (Lipinski definition) is 0. The molecule has 1 aromatic carbocycles. The predicted molar refractivity (Wildman–Crippen MR) is 66.6 cm³/mol. The minimum absolute atomic E-state index is 0.210. The second-order valence-corrected chi connectivity index (χ2v) is 4.31. The third kappa shape index (κ3) is 2.03. The average Bonchev–Trinajstić information content (AvgIpc) is 2.67. The summed E-state index contributed by atoms with van der Waals surface area (Å²) in [6, 6.07) is 7.61. The Kier molecular flexibility index (Phi) is 3.28. The van der Waals surface area contributed by atoms with Crippen LogP contribution in [0.15, 0.2) is 29.3 Å². The van der Waals surface area contributed by atoms with Crippen molar-refractivity contribution in [2.75, 3.05) is 11.0 Å². The summed E-state index contributed by atoms with van der Waals surface area (Å²) in [4.78, 5) is 4.32. The van der Waals surface area contributed by atoms with Crippen molar-refractivity contribution in [3.63, 3.8) is 0 Å². The molecule has 1 aromatic rings. The highest BCUT2D eigenvalue weighted by atomic mass is 127. The van der Waals surface area contributed by atoms with E-state index in [4.69, 9.17) is 16.3 Å². The third-order valence-corrected chi connectivity index (χ3v) is 3.31. The standard InChI is InChI=1S/C10H9ClINO/c11-9-4-2-1-3-8(9)10-13-6-7(5-12)14-10/h1-4,7H,5-6H2. The molecular weight excluding hydrogens is 312 g/mol. The first-order valence-electron chi connectivity index (χ1n) is 4.33. The van der Waals surface area contributed by atoms with Crippen molar-refractivity contribution in [1.82, 2.24) is 0 Å². The molecular formula is C10H9ClINO. The summed E-state index contributed by atoms with van der Waals surface area (Å²) < 4.78 is 6.59. The average molecular weight is 322 g/mol. The number of ether oxygens (including phenoxy) is 1. The van der Waals surface area contributed by atoms with Crippen LogP contribution in [0.3, 0.4) is 0 Å². The van der Waals surface area contributed by atoms with E-state index >= 15 is 0 Å². The van der Waals surface area contributed by atoms with Crippen LogP contribution in [0.2, 0.25) is 5.02 Å². The highest BCUT2D eigenvalue weighted by Crippen LogP contribution is 2.20. The maximum absolute atomic E-state index is 6.03. The number of nitrogens with zero attached hydrogens (tertiary/aromatic N) is 1. The van der Waals surface area contributed by atoms with E-state index in [0.717, 1.165) is 16.5 Å². The van der Waals surface area contributed by atoms with E-state index in [1.165, 1.54) is 0 Å². The van der Waals surface area contributed by atoms with Gasteiger partial charge in [0.05, 0.1) is 17.1 Å². The normalized spacial score (nSPS) is 20.4. The number of hydrogen-bond acceptors (Lipinski definition) is 2. The first-order valence-corrected chi connectivity index (χ1v) is 6.23. The van der Waals surface area contributed by atoms with Gasteiger partial charge in [0.25, 0.3) is 0 Å². The van der Waals surface area contributed by atoms with E-state index in [1.54, 1.807) is 0 Å². The lowest BCUT2D eigenvalue weighted by Crippen LogP contribution is -2.14. The zero-order valence-electron chi connectivity index (χ0n) is 7.41. The van der Waals surface area contributed by atoms with Gasteiger partial charge in [0, 0.05) is 4.43 Å². The Balaban J connectivity index is 2.22. The smallest absolute Gasteiger partial charge is 0.218 e. The Hall–Kier alpha value is -0.290. The molecule has 0 saturated carbocycles. The summed E-state index contributed by atoms with van der Waals surface area (Å²) in [6.45, 7) is 0.740. The van der Waals surface area contributed by atoms with E-state index in [-0.39, 0.29) is 6.10 Å². The Labute approximate surface area is 101 Å². The summed E-state index contributed by atoms with van der Waals surface area (Å²) >= 11 is 8.33. The molecule has 2 rings (SSSR count). The minimum Gasteiger partial charge on any atom is -0.471 e. The van der Waals surface area contributed by atoms with Crippen molar-refractivity contribution in [2.24, 2.45) is 4.99 Å². The van der Waals surface area contributed by atoms with Gasteiger partial charge in [0.1, 0.15) is 6.10 Å². The summed E-state index contributed by atoms with van der Waals surface area (Å²) in [5.41, 5.74) is 0.890. The SMILES string of the molecule is Clc1ccccc1C1=NCC(CI)O1. The van der Waals surface area contributed by atoms with Crippen LogP contribution in [-0.2, 0) is 4.74 Å². The molecule has 0 N–H and O–H groups in total. The molecule has 1 aliphatic heterocycles. The van der Waals surface area contributed by atoms with E-state index < -0.39 is 0 Å². The molecule has 0 radical (unpaired) electrons. The molecule has 14 heavy (non-hydrogen) atoms. The van der Waals surface area contributed by atoms with Gasteiger partial charge in [0.2, 0.25) is 5.90 Å². The monoisotopic (exact) mass is 321 g/mol. The molecule has 4 heteroatoms. The zero-order chi connectivity index (χ0) is 9.97. The Morgan fingerprint density at radius 2 is 2.29 bits per heavy atom. The Bertz CT molecular complexity index is 367. The molecule has 1 atom stereocenters. The van der Waals surface area contributed by atoms with Crippen LogP contribution in [0.25, 0.3) is 0 Å². The molecule has 0 amide bonds. The van der Waals surface area contributed by atoms with Crippen LogP contribution in [0, 0.1) is 0 Å². The van der Waals surface area contributed by atoms with Gasteiger partial charge in [-0.15, -0.1) is 0 Å². The van der Waals surface area contributed by atoms with Gasteiger partial charge < -0.3 is 4.74 Å². The van der Waals surface area contributed by atoms with Crippen LogP contribution < -0.4 is 0 Å². The molecule has 0 fully saturated rings. The largest absolute Gasteiger partial charge is 0.471 e. The van der Waals surface area contributed by atoms with Gasteiger partial charge in [-0.2, -0.15) is 0 Å². The summed E-state index contributed by atoms with van der Waals surface area (Å²) in [6.07, 6.45) is 0.210. The van der Waals surface area contributed by atoms with Crippen molar-refractivity contribution >= 4 is 40.1 Å². The lowest BCUT2D eigenvalue weighted by Gasteiger charge is -2.08. The number of benzene rings is 1. The van der Waals surface area contributed by atoms with Crippen molar-refractivity contribution in [1.29, 1.82) is 0 Å². The van der Waals surface area contributed by atoms with Gasteiger partial charge in [-0.1, -0.05) is 46.3 Å². The number of alkyl halides is 1. The lowest BCUT2D eigenvalue weighted by molar-refractivity contribution is 0.254. The number of aliphatic imine (C=N–C) groups is 1. The minimum atomic E-state index is 0.210. The third-order valence-electron chi connectivity index (χ3n) is 1.99. The fourth-order valence-electron chi connectivity index (χ4n) is 1.28. The molecule has 1 heterocycles. The van der Waals surface area contributed by atoms with E-state index in [2.05, 4.69) is 27.6 Å². The van der Waals surface area contributed by atoms with E-state index in [0.29, 0.717) is 10.9 Å². The van der Waals surface area contributed by atoms with Crippen LogP contribution in [0.5, 0.6) is 0 Å². The second kappa shape index (κ2) is 4.49. The maximum Gasteiger partial charge on any atom is 0.218 e. The topological polar surface area (TPSA) is 21.6 Å². The number of halogens is 2. The molecule has 0 spiro atoms. The summed E-state index contributed by atoms with van der Waals surface area (Å²) in [7, 11) is 0. The molecule has 0 aliphatic carbocycles. The van der Waals surface area contributed by atoms with Gasteiger partial charge in [-0.05, 0) is 12.1 Å². The lowest BCUT2D eigenvalue weighted by atomic mass is 10.2. The van der Waals surface area contributed by atoms with Crippen molar-refractivity contribution in [2.45, 2.75) is 6.10 Å². The van der Waals surface area contributed by atoms with Crippen molar-refractivity contribution in [3.8, 4) is 0 Å². The first-order chi connectivity index (χ1) is 6.81. The van der Waals surface area contributed by atoms with Gasteiger partial charge in [-0.3, -0.25) is 0 Å². The van der Waals surface area contributed by atoms with Crippen LogP contribution in [0.1, 0.15) is 5.56 Å². The zero-order valence-corrected chi connectivity index (χ0v) is 10.3. The van der Waals surface area contributed by atoms with Crippen LogP contribution in [0.4, 0.5) is 0 Å². The highest BCUT2D eigenvalue weighted by Gasteiger charge is 2.20. The molecule has 2 nitrogen and oxygen atoms in total. The first kappa shape index (κ1) is 10.2. The van der Waals surface area contributed by atoms with Crippen LogP contribution >= 0.6 is 34.2 Å².